The molecule has 1 saturated heterocycles. The van der Waals surface area contributed by atoms with Gasteiger partial charge in [0.15, 0.2) is 17.2 Å². The lowest BCUT2D eigenvalue weighted by Gasteiger charge is -2.31. The van der Waals surface area contributed by atoms with E-state index in [2.05, 4.69) is 15.4 Å². The Morgan fingerprint density at radius 3 is 2.82 bits per heavy atom. The van der Waals surface area contributed by atoms with E-state index in [0.29, 0.717) is 60.7 Å². The second kappa shape index (κ2) is 8.32. The molecule has 5 rings (SSSR count). The minimum Gasteiger partial charge on any atom is -0.486 e. The van der Waals surface area contributed by atoms with Gasteiger partial charge in [-0.2, -0.15) is 5.10 Å². The SMILES string of the molecule is Nc1ncc(Cl)c2c1c(C(=O)Nc1ccc3c(c1)OCCO3)nn2C1CCCN(C(=O)O)C1. The fourth-order valence-corrected chi connectivity index (χ4v) is 4.45. The van der Waals surface area contributed by atoms with Gasteiger partial charge in [0, 0.05) is 24.8 Å². The number of halogens is 1. The Kier molecular flexibility index (Phi) is 5.33. The largest absolute Gasteiger partial charge is 0.486 e. The summed E-state index contributed by atoms with van der Waals surface area (Å²) in [5.41, 5.74) is 7.13. The number of pyridine rings is 1. The van der Waals surface area contributed by atoms with Crippen LogP contribution in [0.2, 0.25) is 5.02 Å². The van der Waals surface area contributed by atoms with Crippen LogP contribution in [0.3, 0.4) is 0 Å². The van der Waals surface area contributed by atoms with E-state index < -0.39 is 12.0 Å². The van der Waals surface area contributed by atoms with Gasteiger partial charge in [-0.25, -0.2) is 9.78 Å². The minimum absolute atomic E-state index is 0.0554. The number of piperidine rings is 1. The summed E-state index contributed by atoms with van der Waals surface area (Å²) in [6.45, 7) is 1.57. The lowest BCUT2D eigenvalue weighted by atomic mass is 10.1. The Balaban J connectivity index is 1.52. The van der Waals surface area contributed by atoms with Gasteiger partial charge >= 0.3 is 6.09 Å². The maximum absolute atomic E-state index is 13.2. The standard InChI is InChI=1S/C21H21ClN6O5/c22-13-9-24-19(23)16-17(20(29)25-11-3-4-14-15(8-11)33-7-6-32-14)26-28(18(13)16)12-2-1-5-27(10-12)21(30)31/h3-4,8-9,12H,1-2,5-7,10H2,(H2,23,24)(H,25,29)(H,30,31). The van der Waals surface area contributed by atoms with Crippen LogP contribution in [-0.2, 0) is 0 Å². The number of fused-ring (bicyclic) bond motifs is 2. The van der Waals surface area contributed by atoms with Gasteiger partial charge in [-0.15, -0.1) is 0 Å². The van der Waals surface area contributed by atoms with Crippen molar-refractivity contribution < 1.29 is 24.2 Å². The number of nitrogen functional groups attached to an aromatic ring is 1. The van der Waals surface area contributed by atoms with Crippen molar-refractivity contribution in [3.8, 4) is 11.5 Å². The quantitative estimate of drug-likeness (QED) is 0.527. The van der Waals surface area contributed by atoms with Crippen LogP contribution in [0.5, 0.6) is 11.5 Å². The average molecular weight is 473 g/mol. The monoisotopic (exact) mass is 472 g/mol. The third-order valence-corrected chi connectivity index (χ3v) is 6.01. The molecule has 0 saturated carbocycles. The molecule has 4 N–H and O–H groups in total. The Bertz CT molecular complexity index is 1260. The third-order valence-electron chi connectivity index (χ3n) is 5.74. The molecule has 2 aromatic heterocycles. The van der Waals surface area contributed by atoms with E-state index in [1.165, 1.54) is 11.1 Å². The summed E-state index contributed by atoms with van der Waals surface area (Å²) >= 11 is 6.44. The maximum Gasteiger partial charge on any atom is 0.407 e. The second-order valence-corrected chi connectivity index (χ2v) is 8.25. The number of carboxylic acid groups (broad SMARTS) is 1. The topological polar surface area (TPSA) is 145 Å². The summed E-state index contributed by atoms with van der Waals surface area (Å²) in [6.07, 6.45) is 1.75. The van der Waals surface area contributed by atoms with Crippen LogP contribution in [-0.4, -0.2) is 63.1 Å². The number of amides is 2. The van der Waals surface area contributed by atoms with Gasteiger partial charge in [0.05, 0.1) is 28.2 Å². The number of aromatic nitrogens is 3. The molecule has 0 aliphatic carbocycles. The van der Waals surface area contributed by atoms with Gasteiger partial charge in [-0.05, 0) is 25.0 Å². The molecular formula is C21H21ClN6O5. The number of nitrogens with one attached hydrogen (secondary N) is 1. The summed E-state index contributed by atoms with van der Waals surface area (Å²) in [7, 11) is 0. The number of benzene rings is 1. The first kappa shape index (κ1) is 21.1. The van der Waals surface area contributed by atoms with Gasteiger partial charge in [0.1, 0.15) is 19.0 Å². The van der Waals surface area contributed by atoms with Crippen molar-refractivity contribution in [2.45, 2.75) is 18.9 Å². The maximum atomic E-state index is 13.2. The summed E-state index contributed by atoms with van der Waals surface area (Å²) in [5.74, 6) is 0.750. The number of nitrogens with zero attached hydrogens (tertiary/aromatic N) is 4. The van der Waals surface area contributed by atoms with Gasteiger partial charge in [-0.1, -0.05) is 11.6 Å². The molecule has 3 aromatic rings. The highest BCUT2D eigenvalue weighted by atomic mass is 35.5. The van der Waals surface area contributed by atoms with Crippen molar-refractivity contribution in [2.24, 2.45) is 0 Å². The highest BCUT2D eigenvalue weighted by Crippen LogP contribution is 2.35. The summed E-state index contributed by atoms with van der Waals surface area (Å²) < 4.78 is 12.7. The zero-order valence-electron chi connectivity index (χ0n) is 17.5. The number of rotatable bonds is 3. The molecule has 2 amide bonds. The van der Waals surface area contributed by atoms with E-state index in [1.807, 2.05) is 0 Å². The predicted molar refractivity (Wildman–Crippen MR) is 120 cm³/mol. The van der Waals surface area contributed by atoms with Crippen molar-refractivity contribution in [1.82, 2.24) is 19.7 Å². The van der Waals surface area contributed by atoms with E-state index in [9.17, 15) is 14.7 Å². The average Bonchev–Trinajstić information content (AvgIpc) is 3.24. The van der Waals surface area contributed by atoms with Crippen molar-refractivity contribution in [3.63, 3.8) is 0 Å². The van der Waals surface area contributed by atoms with E-state index >= 15 is 0 Å². The molecule has 33 heavy (non-hydrogen) atoms. The molecule has 12 heteroatoms. The molecule has 0 spiro atoms. The minimum atomic E-state index is -1.000. The Hall–Kier alpha value is -3.73. The summed E-state index contributed by atoms with van der Waals surface area (Å²) in [5, 5.41) is 17.4. The molecule has 1 fully saturated rings. The number of likely N-dealkylation sites (tertiary alicyclic amines) is 1. The Morgan fingerprint density at radius 2 is 2.03 bits per heavy atom. The van der Waals surface area contributed by atoms with Gasteiger partial charge in [-0.3, -0.25) is 9.48 Å². The molecule has 2 aliphatic rings. The fourth-order valence-electron chi connectivity index (χ4n) is 4.22. The zero-order chi connectivity index (χ0) is 23.1. The molecule has 172 valence electrons. The first-order chi connectivity index (χ1) is 15.9. The van der Waals surface area contributed by atoms with Crippen molar-refractivity contribution in [2.75, 3.05) is 37.4 Å². The first-order valence-corrected chi connectivity index (χ1v) is 10.8. The first-order valence-electron chi connectivity index (χ1n) is 10.4. The van der Waals surface area contributed by atoms with Crippen LogP contribution in [0, 0.1) is 0 Å². The number of anilines is 2. The zero-order valence-corrected chi connectivity index (χ0v) is 18.2. The Morgan fingerprint density at radius 1 is 1.24 bits per heavy atom. The second-order valence-electron chi connectivity index (χ2n) is 7.85. The van der Waals surface area contributed by atoms with Crippen LogP contribution in [0.1, 0.15) is 29.4 Å². The molecule has 1 unspecified atom stereocenters. The lowest BCUT2D eigenvalue weighted by Crippen LogP contribution is -2.40. The number of ether oxygens (including phenoxy) is 2. The smallest absolute Gasteiger partial charge is 0.407 e. The summed E-state index contributed by atoms with van der Waals surface area (Å²) in [4.78, 5) is 30.1. The fraction of sp³-hybridized carbons (Fsp3) is 0.333. The van der Waals surface area contributed by atoms with Gasteiger partial charge < -0.3 is 30.5 Å². The predicted octanol–water partition coefficient (Wildman–Crippen LogP) is 3.01. The molecule has 2 aliphatic heterocycles. The van der Waals surface area contributed by atoms with Crippen molar-refractivity contribution in [1.29, 1.82) is 0 Å². The van der Waals surface area contributed by atoms with Gasteiger partial charge in [0.25, 0.3) is 5.91 Å². The molecule has 11 nitrogen and oxygen atoms in total. The number of carbonyl (C=O) groups excluding carboxylic acids is 1. The molecule has 0 radical (unpaired) electrons. The molecule has 4 heterocycles. The molecule has 1 atom stereocenters. The molecule has 0 bridgehead atoms. The van der Waals surface area contributed by atoms with E-state index in [1.54, 1.807) is 22.9 Å². The van der Waals surface area contributed by atoms with Crippen LogP contribution in [0.4, 0.5) is 16.3 Å². The van der Waals surface area contributed by atoms with Crippen LogP contribution in [0.15, 0.2) is 24.4 Å². The normalized spacial score (nSPS) is 17.7. The number of hydrogen-bond donors (Lipinski definition) is 3. The van der Waals surface area contributed by atoms with Crippen LogP contribution >= 0.6 is 11.6 Å². The lowest BCUT2D eigenvalue weighted by molar-refractivity contribution is 0.101. The molecular weight excluding hydrogens is 452 g/mol. The molecule has 1 aromatic carbocycles. The van der Waals surface area contributed by atoms with Crippen LogP contribution < -0.4 is 20.5 Å². The van der Waals surface area contributed by atoms with E-state index in [-0.39, 0.29) is 29.1 Å². The number of nitrogens with two attached hydrogens (primary N) is 1. The number of carbonyl (C=O) groups is 2. The van der Waals surface area contributed by atoms with Gasteiger partial charge in [0.2, 0.25) is 0 Å². The van der Waals surface area contributed by atoms with E-state index in [4.69, 9.17) is 26.8 Å². The van der Waals surface area contributed by atoms with E-state index in [0.717, 1.165) is 0 Å². The highest BCUT2D eigenvalue weighted by Gasteiger charge is 2.30. The summed E-state index contributed by atoms with van der Waals surface area (Å²) in [6, 6.07) is 4.79. The van der Waals surface area contributed by atoms with Crippen molar-refractivity contribution >= 4 is 46.0 Å². The third kappa shape index (κ3) is 3.84. The highest BCUT2D eigenvalue weighted by molar-refractivity contribution is 6.36. The van der Waals surface area contributed by atoms with Crippen molar-refractivity contribution in [3.05, 3.63) is 35.1 Å². The Labute approximate surface area is 193 Å². The van der Waals surface area contributed by atoms with Crippen LogP contribution in [0.25, 0.3) is 10.9 Å². The number of hydrogen-bond acceptors (Lipinski definition) is 7.